The predicted octanol–water partition coefficient (Wildman–Crippen LogP) is 2.90. The minimum absolute atomic E-state index is 0. The van der Waals surface area contributed by atoms with E-state index >= 15 is 0 Å². The van der Waals surface area contributed by atoms with Crippen molar-refractivity contribution in [3.05, 3.63) is 28.3 Å². The molecule has 8 heteroatoms. The van der Waals surface area contributed by atoms with Crippen molar-refractivity contribution in [2.45, 2.75) is 19.8 Å². The van der Waals surface area contributed by atoms with Crippen molar-refractivity contribution in [2.24, 2.45) is 11.7 Å². The first kappa shape index (κ1) is 20.0. The Bertz CT molecular complexity index is 631. The molecule has 0 bridgehead atoms. The lowest BCUT2D eigenvalue weighted by molar-refractivity contribution is -0.129. The van der Waals surface area contributed by atoms with Gasteiger partial charge in [-0.3, -0.25) is 4.79 Å². The van der Waals surface area contributed by atoms with Crippen LogP contribution in [-0.4, -0.2) is 35.4 Å². The molecule has 2 N–H and O–H groups in total. The maximum atomic E-state index is 12.3. The van der Waals surface area contributed by atoms with E-state index < -0.39 is 0 Å². The molecular formula is C15H21Cl2N3O2S. The molecule has 2 aromatic heterocycles. The summed E-state index contributed by atoms with van der Waals surface area (Å²) in [5.41, 5.74) is 7.36. The van der Waals surface area contributed by atoms with Crippen LogP contribution in [0.1, 0.15) is 17.9 Å². The molecular weight excluding hydrogens is 357 g/mol. The molecule has 1 fully saturated rings. The predicted molar refractivity (Wildman–Crippen MR) is 96.5 cm³/mol. The first-order valence-electron chi connectivity index (χ1n) is 7.14. The van der Waals surface area contributed by atoms with Crippen LogP contribution >= 0.6 is 36.2 Å². The number of nitrogens with two attached hydrogens (primary N) is 1. The molecule has 3 rings (SSSR count). The number of aryl methyl sites for hydroxylation is 1. The van der Waals surface area contributed by atoms with E-state index in [1.165, 1.54) is 0 Å². The van der Waals surface area contributed by atoms with E-state index in [1.54, 1.807) is 11.3 Å². The quantitative estimate of drug-likeness (QED) is 0.888. The third-order valence-corrected chi connectivity index (χ3v) is 4.63. The first-order chi connectivity index (χ1) is 10.2. The number of rotatable bonds is 4. The zero-order valence-corrected chi connectivity index (χ0v) is 15.3. The summed E-state index contributed by atoms with van der Waals surface area (Å²) in [6, 6.07) is 1.97. The summed E-state index contributed by atoms with van der Waals surface area (Å²) in [5.74, 6) is 1.87. The highest BCUT2D eigenvalue weighted by atomic mass is 35.5. The monoisotopic (exact) mass is 377 g/mol. The van der Waals surface area contributed by atoms with E-state index in [0.717, 1.165) is 36.5 Å². The standard InChI is InChI=1S/C15H19N3O2S.2ClH/c1-10-13(17-15(20-10)12-3-5-21-9-12)6-14(19)18-4-2-11(7-16)8-18;;/h3,5,9,11H,2,4,6-8,16H2,1H3;2*1H. The Morgan fingerprint density at radius 2 is 2.30 bits per heavy atom. The molecule has 1 amide bonds. The average Bonchev–Trinajstić information content (AvgIpc) is 3.18. The molecule has 0 aromatic carbocycles. The van der Waals surface area contributed by atoms with Crippen LogP contribution in [0, 0.1) is 12.8 Å². The number of hydrogen-bond donors (Lipinski definition) is 1. The topological polar surface area (TPSA) is 72.4 Å². The lowest BCUT2D eigenvalue weighted by atomic mass is 10.1. The highest BCUT2D eigenvalue weighted by Crippen LogP contribution is 2.24. The lowest BCUT2D eigenvalue weighted by Crippen LogP contribution is -2.31. The van der Waals surface area contributed by atoms with Gasteiger partial charge in [0.15, 0.2) is 0 Å². The fourth-order valence-corrected chi connectivity index (χ4v) is 3.24. The van der Waals surface area contributed by atoms with Gasteiger partial charge in [0, 0.05) is 24.0 Å². The SMILES string of the molecule is Cc1oc(-c2ccsc2)nc1CC(=O)N1CCC(CN)C1.Cl.Cl. The molecule has 1 saturated heterocycles. The number of thiophene rings is 1. The molecule has 1 atom stereocenters. The maximum absolute atomic E-state index is 12.3. The van der Waals surface area contributed by atoms with Crippen molar-refractivity contribution in [1.82, 2.24) is 9.88 Å². The summed E-state index contributed by atoms with van der Waals surface area (Å²) >= 11 is 1.60. The average molecular weight is 378 g/mol. The van der Waals surface area contributed by atoms with Gasteiger partial charge in [0.2, 0.25) is 11.8 Å². The van der Waals surface area contributed by atoms with Gasteiger partial charge in [-0.1, -0.05) is 0 Å². The molecule has 23 heavy (non-hydrogen) atoms. The number of carbonyl (C=O) groups excluding carboxylic acids is 1. The van der Waals surface area contributed by atoms with Crippen molar-refractivity contribution in [3.8, 4) is 11.5 Å². The molecule has 5 nitrogen and oxygen atoms in total. The molecule has 3 heterocycles. The van der Waals surface area contributed by atoms with Gasteiger partial charge in [-0.2, -0.15) is 11.3 Å². The van der Waals surface area contributed by atoms with Crippen LogP contribution in [0.4, 0.5) is 0 Å². The summed E-state index contributed by atoms with van der Waals surface area (Å²) in [6.07, 6.45) is 1.30. The molecule has 128 valence electrons. The van der Waals surface area contributed by atoms with Crippen LogP contribution in [-0.2, 0) is 11.2 Å². The Morgan fingerprint density at radius 1 is 1.52 bits per heavy atom. The third kappa shape index (κ3) is 4.47. The summed E-state index contributed by atoms with van der Waals surface area (Å²) in [6.45, 7) is 4.08. The van der Waals surface area contributed by atoms with Gasteiger partial charge < -0.3 is 15.1 Å². The fourth-order valence-electron chi connectivity index (χ4n) is 2.61. The van der Waals surface area contributed by atoms with Gasteiger partial charge in [0.1, 0.15) is 5.76 Å². The Morgan fingerprint density at radius 3 is 2.91 bits per heavy atom. The molecule has 0 spiro atoms. The number of halogens is 2. The highest BCUT2D eigenvalue weighted by molar-refractivity contribution is 7.08. The number of aromatic nitrogens is 1. The van der Waals surface area contributed by atoms with E-state index in [9.17, 15) is 4.79 Å². The van der Waals surface area contributed by atoms with Crippen molar-refractivity contribution in [3.63, 3.8) is 0 Å². The zero-order valence-electron chi connectivity index (χ0n) is 12.9. The smallest absolute Gasteiger partial charge is 0.228 e. The highest BCUT2D eigenvalue weighted by Gasteiger charge is 2.26. The summed E-state index contributed by atoms with van der Waals surface area (Å²) in [4.78, 5) is 18.7. The fraction of sp³-hybridized carbons (Fsp3) is 0.467. The Labute approximate surface area is 152 Å². The number of oxazole rings is 1. The maximum Gasteiger partial charge on any atom is 0.228 e. The van der Waals surface area contributed by atoms with E-state index in [0.29, 0.717) is 24.8 Å². The second-order valence-electron chi connectivity index (χ2n) is 5.44. The Balaban J connectivity index is 0.00000132. The van der Waals surface area contributed by atoms with Gasteiger partial charge in [0.25, 0.3) is 0 Å². The van der Waals surface area contributed by atoms with E-state index in [4.69, 9.17) is 10.2 Å². The third-order valence-electron chi connectivity index (χ3n) is 3.95. The summed E-state index contributed by atoms with van der Waals surface area (Å²) in [5, 5.41) is 3.97. The Hall–Kier alpha value is -1.08. The van der Waals surface area contributed by atoms with Crippen LogP contribution in [0.3, 0.4) is 0 Å². The summed E-state index contributed by atoms with van der Waals surface area (Å²) in [7, 11) is 0. The van der Waals surface area contributed by atoms with Gasteiger partial charge in [-0.25, -0.2) is 4.98 Å². The van der Waals surface area contributed by atoms with Crippen LogP contribution in [0.25, 0.3) is 11.5 Å². The first-order valence-corrected chi connectivity index (χ1v) is 8.08. The largest absolute Gasteiger partial charge is 0.441 e. The second kappa shape index (κ2) is 8.68. The molecule has 1 aliphatic rings. The number of hydrogen-bond acceptors (Lipinski definition) is 5. The van der Waals surface area contributed by atoms with E-state index in [1.807, 2.05) is 28.7 Å². The minimum Gasteiger partial charge on any atom is -0.441 e. The van der Waals surface area contributed by atoms with E-state index in [-0.39, 0.29) is 30.7 Å². The van der Waals surface area contributed by atoms with Crippen LogP contribution in [0.15, 0.2) is 21.2 Å². The van der Waals surface area contributed by atoms with Crippen molar-refractivity contribution < 1.29 is 9.21 Å². The number of likely N-dealkylation sites (tertiary alicyclic amines) is 1. The van der Waals surface area contributed by atoms with Gasteiger partial charge in [0.05, 0.1) is 12.1 Å². The molecule has 0 radical (unpaired) electrons. The van der Waals surface area contributed by atoms with Crippen LogP contribution in [0.2, 0.25) is 0 Å². The molecule has 2 aromatic rings. The van der Waals surface area contributed by atoms with E-state index in [2.05, 4.69) is 4.98 Å². The molecule has 1 unspecified atom stereocenters. The number of amides is 1. The molecule has 0 aliphatic carbocycles. The molecule has 0 saturated carbocycles. The minimum atomic E-state index is 0. The summed E-state index contributed by atoms with van der Waals surface area (Å²) < 4.78 is 5.67. The van der Waals surface area contributed by atoms with Crippen molar-refractivity contribution in [2.75, 3.05) is 19.6 Å². The normalized spacial score (nSPS) is 16.8. The van der Waals surface area contributed by atoms with Crippen molar-refractivity contribution in [1.29, 1.82) is 0 Å². The van der Waals surface area contributed by atoms with Crippen LogP contribution < -0.4 is 5.73 Å². The second-order valence-corrected chi connectivity index (χ2v) is 6.22. The van der Waals surface area contributed by atoms with Crippen molar-refractivity contribution >= 4 is 42.1 Å². The number of carbonyl (C=O) groups is 1. The lowest BCUT2D eigenvalue weighted by Gasteiger charge is -2.15. The van der Waals surface area contributed by atoms with Gasteiger partial charge >= 0.3 is 0 Å². The van der Waals surface area contributed by atoms with Gasteiger partial charge in [-0.05, 0) is 37.3 Å². The zero-order chi connectivity index (χ0) is 14.8. The molecule has 1 aliphatic heterocycles. The van der Waals surface area contributed by atoms with Crippen LogP contribution in [0.5, 0.6) is 0 Å². The number of nitrogens with zero attached hydrogens (tertiary/aromatic N) is 2. The Kier molecular flexibility index (Phi) is 7.54. The van der Waals surface area contributed by atoms with Gasteiger partial charge in [-0.15, -0.1) is 24.8 Å².